The predicted octanol–water partition coefficient (Wildman–Crippen LogP) is -2.33. The van der Waals surface area contributed by atoms with Gasteiger partial charge in [0.05, 0.1) is 0 Å². The fourth-order valence-corrected chi connectivity index (χ4v) is 2.62. The van der Waals surface area contributed by atoms with Gasteiger partial charge in [0.25, 0.3) is 0 Å². The molecule has 4 N–H and O–H groups in total. The van der Waals surface area contributed by atoms with Gasteiger partial charge in [0.1, 0.15) is 24.4 Å². The summed E-state index contributed by atoms with van der Waals surface area (Å²) in [4.78, 5) is 10.6. The lowest BCUT2D eigenvalue weighted by Crippen LogP contribution is -2.60. The summed E-state index contributed by atoms with van der Waals surface area (Å²) in [5, 5.41) is 29.2. The first-order valence-electron chi connectivity index (χ1n) is 6.49. The molecule has 118 valence electrons. The molecule has 1 saturated heterocycles. The van der Waals surface area contributed by atoms with Crippen LogP contribution in [0.2, 0.25) is 6.04 Å². The SMILES string of the molecule is CO[C@H]1O[C@H](CN(C)CCC[Si](=O)O)[C@@H](O)[C@H](O)[C@H]1O. The number of aliphatic hydroxyl groups is 3. The first-order valence-corrected chi connectivity index (χ1v) is 8.06. The molecule has 1 rings (SSSR count). The van der Waals surface area contributed by atoms with Crippen LogP contribution in [0.25, 0.3) is 0 Å². The molecule has 20 heavy (non-hydrogen) atoms. The van der Waals surface area contributed by atoms with Gasteiger partial charge in [0.2, 0.25) is 0 Å². The lowest BCUT2D eigenvalue weighted by molar-refractivity contribution is -0.291. The normalized spacial score (nSPS) is 34.4. The summed E-state index contributed by atoms with van der Waals surface area (Å²) in [5.74, 6) is 0. The number of hydrogen-bond donors (Lipinski definition) is 4. The lowest BCUT2D eigenvalue weighted by Gasteiger charge is -2.41. The van der Waals surface area contributed by atoms with E-state index in [2.05, 4.69) is 0 Å². The Morgan fingerprint density at radius 3 is 2.45 bits per heavy atom. The highest BCUT2D eigenvalue weighted by molar-refractivity contribution is 6.32. The van der Waals surface area contributed by atoms with Crippen LogP contribution >= 0.6 is 0 Å². The molecule has 1 heterocycles. The number of nitrogens with zero attached hydrogens (tertiary/aromatic N) is 1. The van der Waals surface area contributed by atoms with Crippen molar-refractivity contribution in [2.75, 3.05) is 27.2 Å². The topological polar surface area (TPSA) is 120 Å². The number of aliphatic hydroxyl groups excluding tert-OH is 3. The molecule has 0 spiro atoms. The number of rotatable bonds is 7. The van der Waals surface area contributed by atoms with Crippen molar-refractivity contribution in [3.63, 3.8) is 0 Å². The minimum atomic E-state index is -2.45. The van der Waals surface area contributed by atoms with Crippen LogP contribution < -0.4 is 0 Å². The molecule has 0 aromatic heterocycles. The second-order valence-electron chi connectivity index (χ2n) is 5.01. The third kappa shape index (κ3) is 4.84. The van der Waals surface area contributed by atoms with Gasteiger partial charge in [-0.15, -0.1) is 0 Å². The van der Waals surface area contributed by atoms with Crippen LogP contribution in [0.5, 0.6) is 0 Å². The minimum absolute atomic E-state index is 0.255. The van der Waals surface area contributed by atoms with Crippen LogP contribution in [0.4, 0.5) is 0 Å². The average Bonchev–Trinajstić information content (AvgIpc) is 2.39. The monoisotopic (exact) mass is 309 g/mol. The smallest absolute Gasteiger partial charge is 0.500 e. The molecule has 0 bridgehead atoms. The van der Waals surface area contributed by atoms with E-state index in [4.69, 9.17) is 14.3 Å². The highest BCUT2D eigenvalue weighted by Gasteiger charge is 2.44. The molecule has 0 unspecified atom stereocenters. The molecule has 0 aromatic carbocycles. The number of methoxy groups -OCH3 is 1. The van der Waals surface area contributed by atoms with E-state index in [-0.39, 0.29) is 6.04 Å². The molecular formula is C11H23NO7Si. The van der Waals surface area contributed by atoms with Crippen molar-refractivity contribution in [1.29, 1.82) is 0 Å². The van der Waals surface area contributed by atoms with E-state index in [1.54, 1.807) is 7.05 Å². The number of ether oxygens (including phenoxy) is 2. The Morgan fingerprint density at radius 2 is 1.90 bits per heavy atom. The van der Waals surface area contributed by atoms with Gasteiger partial charge in [-0.25, -0.2) is 0 Å². The highest BCUT2D eigenvalue weighted by Crippen LogP contribution is 2.22. The van der Waals surface area contributed by atoms with Gasteiger partial charge >= 0.3 is 8.93 Å². The van der Waals surface area contributed by atoms with Gasteiger partial charge < -0.3 is 39.0 Å². The molecule has 1 fully saturated rings. The predicted molar refractivity (Wildman–Crippen MR) is 69.3 cm³/mol. The van der Waals surface area contributed by atoms with Crippen molar-refractivity contribution in [2.24, 2.45) is 0 Å². The van der Waals surface area contributed by atoms with Gasteiger partial charge in [-0.3, -0.25) is 0 Å². The molecule has 1 aliphatic rings. The van der Waals surface area contributed by atoms with Crippen LogP contribution in [-0.4, -0.2) is 91.9 Å². The largest absolute Gasteiger partial charge is 0.540 e. The van der Waals surface area contributed by atoms with Crippen LogP contribution in [0.1, 0.15) is 6.42 Å². The van der Waals surface area contributed by atoms with E-state index in [1.807, 2.05) is 4.90 Å². The molecule has 0 radical (unpaired) electrons. The standard InChI is InChI=1S/C11H23NO7Si/c1-12(4-3-5-20(16)17)6-7-8(13)9(14)10(15)11(18-2)19-7/h7-11,13-16H,3-6H2,1-2H3/t7-,8-,9+,10-,11+/m1/s1. The summed E-state index contributed by atoms with van der Waals surface area (Å²) in [5.41, 5.74) is 0. The van der Waals surface area contributed by atoms with Crippen molar-refractivity contribution >= 4 is 8.93 Å². The van der Waals surface area contributed by atoms with E-state index < -0.39 is 39.6 Å². The van der Waals surface area contributed by atoms with Gasteiger partial charge in [0.15, 0.2) is 6.29 Å². The second-order valence-corrected chi connectivity index (χ2v) is 6.30. The molecule has 1 aliphatic heterocycles. The van der Waals surface area contributed by atoms with Gasteiger partial charge in [-0.1, -0.05) is 0 Å². The van der Waals surface area contributed by atoms with Crippen molar-refractivity contribution in [3.8, 4) is 0 Å². The van der Waals surface area contributed by atoms with Gasteiger partial charge in [-0.2, -0.15) is 0 Å². The van der Waals surface area contributed by atoms with E-state index in [9.17, 15) is 19.8 Å². The Labute approximate surface area is 119 Å². The quantitative estimate of drug-likeness (QED) is 0.387. The Bertz CT molecular complexity index is 317. The molecule has 5 atom stereocenters. The second kappa shape index (κ2) is 8.13. The summed E-state index contributed by atoms with van der Waals surface area (Å²) in [6.07, 6.45) is -4.96. The number of hydrogen-bond acceptors (Lipinski definition) is 7. The summed E-state index contributed by atoms with van der Waals surface area (Å²) < 4.78 is 20.9. The Balaban J connectivity index is 2.46. The first-order chi connectivity index (χ1) is 9.36. The van der Waals surface area contributed by atoms with Crippen molar-refractivity contribution < 1.29 is 34.1 Å². The van der Waals surface area contributed by atoms with Crippen LogP contribution in [-0.2, 0) is 13.9 Å². The molecule has 0 aliphatic carbocycles. The maximum atomic E-state index is 10.6. The van der Waals surface area contributed by atoms with Crippen LogP contribution in [0.15, 0.2) is 0 Å². The summed E-state index contributed by atoms with van der Waals surface area (Å²) in [6.45, 7) is 0.886. The molecule has 0 saturated carbocycles. The van der Waals surface area contributed by atoms with E-state index in [1.165, 1.54) is 7.11 Å². The van der Waals surface area contributed by atoms with Crippen LogP contribution in [0, 0.1) is 0 Å². The van der Waals surface area contributed by atoms with Gasteiger partial charge in [0, 0.05) is 19.7 Å². The third-order valence-electron chi connectivity index (χ3n) is 3.32. The zero-order valence-electron chi connectivity index (χ0n) is 11.7. The summed E-state index contributed by atoms with van der Waals surface area (Å²) in [6, 6.07) is 0.255. The molecule has 0 amide bonds. The van der Waals surface area contributed by atoms with E-state index >= 15 is 0 Å². The third-order valence-corrected chi connectivity index (χ3v) is 4.10. The Kier molecular flexibility index (Phi) is 7.16. The summed E-state index contributed by atoms with van der Waals surface area (Å²) >= 11 is 0. The Morgan fingerprint density at radius 1 is 1.25 bits per heavy atom. The maximum absolute atomic E-state index is 10.6. The van der Waals surface area contributed by atoms with Gasteiger partial charge in [-0.05, 0) is 20.0 Å². The van der Waals surface area contributed by atoms with Crippen molar-refractivity contribution in [2.45, 2.75) is 43.2 Å². The summed E-state index contributed by atoms with van der Waals surface area (Å²) in [7, 11) is 0.675. The van der Waals surface area contributed by atoms with Crippen molar-refractivity contribution in [1.82, 2.24) is 4.90 Å². The zero-order valence-corrected chi connectivity index (χ0v) is 12.7. The minimum Gasteiger partial charge on any atom is -0.540 e. The molecular weight excluding hydrogens is 286 g/mol. The Hall–Kier alpha value is -0.423. The zero-order chi connectivity index (χ0) is 15.3. The highest BCUT2D eigenvalue weighted by atomic mass is 28.3. The van der Waals surface area contributed by atoms with Crippen molar-refractivity contribution in [3.05, 3.63) is 0 Å². The van der Waals surface area contributed by atoms with E-state index in [0.717, 1.165) is 0 Å². The maximum Gasteiger partial charge on any atom is 0.500 e. The first kappa shape index (κ1) is 17.6. The average molecular weight is 309 g/mol. The molecule has 9 heteroatoms. The lowest BCUT2D eigenvalue weighted by atomic mass is 9.98. The van der Waals surface area contributed by atoms with Crippen LogP contribution in [0.3, 0.4) is 0 Å². The molecule has 0 aromatic rings. The fourth-order valence-electron chi connectivity index (χ4n) is 2.16. The number of likely N-dealkylation sites (N-methyl/N-ethyl adjacent to an activating group) is 1. The fraction of sp³-hybridized carbons (Fsp3) is 1.00. The molecule has 8 nitrogen and oxygen atoms in total. The van der Waals surface area contributed by atoms with E-state index in [0.29, 0.717) is 19.5 Å².